The van der Waals surface area contributed by atoms with Gasteiger partial charge in [-0.15, -0.1) is 0 Å². The SMILES string of the molecule is CNC[C@H]1CCCN(C(=O)[C@H]2Cc3cc(C)c(C)cc3O2)C1. The highest BCUT2D eigenvalue weighted by atomic mass is 16.5. The van der Waals surface area contributed by atoms with Gasteiger partial charge in [0.25, 0.3) is 5.91 Å². The van der Waals surface area contributed by atoms with Gasteiger partial charge >= 0.3 is 0 Å². The lowest BCUT2D eigenvalue weighted by Crippen LogP contribution is -2.47. The smallest absolute Gasteiger partial charge is 0.264 e. The van der Waals surface area contributed by atoms with Gasteiger partial charge in [-0.1, -0.05) is 6.07 Å². The maximum atomic E-state index is 12.8. The van der Waals surface area contributed by atoms with Crippen LogP contribution in [0.1, 0.15) is 29.5 Å². The number of hydrogen-bond donors (Lipinski definition) is 1. The monoisotopic (exact) mass is 302 g/mol. The second kappa shape index (κ2) is 6.29. The van der Waals surface area contributed by atoms with E-state index in [1.54, 1.807) is 0 Å². The standard InChI is InChI=1S/C18H26N2O2/c1-12-7-15-9-17(22-16(15)8-13(12)2)18(21)20-6-4-5-14(11-20)10-19-3/h7-8,14,17,19H,4-6,9-11H2,1-3H3/t14-,17-/m1/s1. The fraction of sp³-hybridized carbons (Fsp3) is 0.611. The maximum absolute atomic E-state index is 12.8. The third-order valence-electron chi connectivity index (χ3n) is 4.95. The Hall–Kier alpha value is -1.55. The van der Waals surface area contributed by atoms with E-state index in [0.29, 0.717) is 12.3 Å². The van der Waals surface area contributed by atoms with E-state index < -0.39 is 0 Å². The lowest BCUT2D eigenvalue weighted by Gasteiger charge is -2.34. The van der Waals surface area contributed by atoms with E-state index in [9.17, 15) is 4.79 Å². The van der Waals surface area contributed by atoms with Crippen LogP contribution >= 0.6 is 0 Å². The van der Waals surface area contributed by atoms with E-state index in [0.717, 1.165) is 31.8 Å². The maximum Gasteiger partial charge on any atom is 0.264 e. The first-order chi connectivity index (χ1) is 10.6. The first-order valence-corrected chi connectivity index (χ1v) is 8.28. The zero-order chi connectivity index (χ0) is 15.7. The van der Waals surface area contributed by atoms with E-state index in [-0.39, 0.29) is 12.0 Å². The molecule has 0 aliphatic carbocycles. The Balaban J connectivity index is 1.67. The van der Waals surface area contributed by atoms with E-state index in [1.807, 2.05) is 11.9 Å². The normalized spacial score (nSPS) is 24.0. The van der Waals surface area contributed by atoms with Crippen LogP contribution in [0.15, 0.2) is 12.1 Å². The van der Waals surface area contributed by atoms with Crippen LogP contribution in [-0.4, -0.2) is 43.6 Å². The zero-order valence-electron chi connectivity index (χ0n) is 13.8. The van der Waals surface area contributed by atoms with E-state index in [1.165, 1.54) is 23.1 Å². The first kappa shape index (κ1) is 15.3. The quantitative estimate of drug-likeness (QED) is 0.929. The van der Waals surface area contributed by atoms with Gasteiger partial charge in [-0.25, -0.2) is 0 Å². The first-order valence-electron chi connectivity index (χ1n) is 8.28. The molecule has 2 aliphatic rings. The number of rotatable bonds is 3. The van der Waals surface area contributed by atoms with Gasteiger partial charge in [-0.2, -0.15) is 0 Å². The summed E-state index contributed by atoms with van der Waals surface area (Å²) in [4.78, 5) is 14.8. The van der Waals surface area contributed by atoms with Crippen LogP contribution in [0.3, 0.4) is 0 Å². The number of likely N-dealkylation sites (tertiary alicyclic amines) is 1. The summed E-state index contributed by atoms with van der Waals surface area (Å²) in [6.45, 7) is 6.90. The number of nitrogens with one attached hydrogen (secondary N) is 1. The number of aryl methyl sites for hydroxylation is 2. The molecule has 3 rings (SSSR count). The third kappa shape index (κ3) is 2.98. The molecule has 0 spiro atoms. The Morgan fingerprint density at radius 3 is 2.91 bits per heavy atom. The molecule has 0 radical (unpaired) electrons. The number of carbonyl (C=O) groups excluding carboxylic acids is 1. The summed E-state index contributed by atoms with van der Waals surface area (Å²) in [5, 5.41) is 3.22. The van der Waals surface area contributed by atoms with Gasteiger partial charge in [0.05, 0.1) is 0 Å². The number of ether oxygens (including phenoxy) is 1. The van der Waals surface area contributed by atoms with Crippen LogP contribution in [-0.2, 0) is 11.2 Å². The second-order valence-corrected chi connectivity index (χ2v) is 6.70. The molecule has 0 saturated carbocycles. The Labute approximate surface area is 132 Å². The van der Waals surface area contributed by atoms with E-state index in [2.05, 4.69) is 31.3 Å². The average molecular weight is 302 g/mol. The summed E-state index contributed by atoms with van der Waals surface area (Å²) in [6.07, 6.45) is 2.68. The number of carbonyl (C=O) groups is 1. The number of hydrogen-bond acceptors (Lipinski definition) is 3. The molecule has 1 saturated heterocycles. The number of benzene rings is 1. The van der Waals surface area contributed by atoms with Gasteiger partial charge in [-0.3, -0.25) is 4.79 Å². The molecule has 22 heavy (non-hydrogen) atoms. The highest BCUT2D eigenvalue weighted by Crippen LogP contribution is 2.32. The van der Waals surface area contributed by atoms with Crippen molar-refractivity contribution in [1.29, 1.82) is 0 Å². The van der Waals surface area contributed by atoms with Gasteiger partial charge in [0.15, 0.2) is 6.10 Å². The van der Waals surface area contributed by atoms with Crippen molar-refractivity contribution < 1.29 is 9.53 Å². The van der Waals surface area contributed by atoms with Crippen molar-refractivity contribution in [2.24, 2.45) is 5.92 Å². The lowest BCUT2D eigenvalue weighted by molar-refractivity contribution is -0.139. The second-order valence-electron chi connectivity index (χ2n) is 6.70. The molecule has 4 nitrogen and oxygen atoms in total. The summed E-state index contributed by atoms with van der Waals surface area (Å²) in [7, 11) is 1.97. The van der Waals surface area contributed by atoms with Crippen LogP contribution in [0.25, 0.3) is 0 Å². The van der Waals surface area contributed by atoms with Crippen LogP contribution in [0.4, 0.5) is 0 Å². The van der Waals surface area contributed by atoms with Gasteiger partial charge in [0.1, 0.15) is 5.75 Å². The van der Waals surface area contributed by atoms with Crippen molar-refractivity contribution in [1.82, 2.24) is 10.2 Å². The Bertz CT molecular complexity index is 537. The number of nitrogens with zero attached hydrogens (tertiary/aromatic N) is 1. The molecular formula is C18H26N2O2. The summed E-state index contributed by atoms with van der Waals surface area (Å²) in [5.74, 6) is 1.62. The molecule has 1 aromatic rings. The van der Waals surface area contributed by atoms with Crippen molar-refractivity contribution >= 4 is 5.91 Å². The van der Waals surface area contributed by atoms with Crippen molar-refractivity contribution in [2.45, 2.75) is 39.2 Å². The number of fused-ring (bicyclic) bond motifs is 1. The van der Waals surface area contributed by atoms with Crippen molar-refractivity contribution in [3.05, 3.63) is 28.8 Å². The van der Waals surface area contributed by atoms with Crippen molar-refractivity contribution in [2.75, 3.05) is 26.7 Å². The molecule has 1 fully saturated rings. The Morgan fingerprint density at radius 1 is 1.36 bits per heavy atom. The van der Waals surface area contributed by atoms with Crippen molar-refractivity contribution in [3.8, 4) is 5.75 Å². The highest BCUT2D eigenvalue weighted by Gasteiger charge is 2.34. The molecule has 120 valence electrons. The average Bonchev–Trinajstić information content (AvgIpc) is 2.90. The van der Waals surface area contributed by atoms with Gasteiger partial charge in [0, 0.05) is 19.5 Å². The molecule has 1 N–H and O–H groups in total. The summed E-state index contributed by atoms with van der Waals surface area (Å²) in [6, 6.07) is 4.23. The summed E-state index contributed by atoms with van der Waals surface area (Å²) < 4.78 is 5.95. The molecule has 1 amide bonds. The molecule has 4 heteroatoms. The molecule has 2 atom stereocenters. The Morgan fingerprint density at radius 2 is 2.14 bits per heavy atom. The molecule has 2 heterocycles. The predicted molar refractivity (Wildman–Crippen MR) is 87.3 cm³/mol. The van der Waals surface area contributed by atoms with Crippen LogP contribution in [0.2, 0.25) is 0 Å². The molecule has 1 aromatic carbocycles. The molecular weight excluding hydrogens is 276 g/mol. The molecule has 0 unspecified atom stereocenters. The van der Waals surface area contributed by atoms with Crippen LogP contribution < -0.4 is 10.1 Å². The zero-order valence-corrected chi connectivity index (χ0v) is 13.8. The topological polar surface area (TPSA) is 41.6 Å². The minimum Gasteiger partial charge on any atom is -0.480 e. The minimum absolute atomic E-state index is 0.160. The summed E-state index contributed by atoms with van der Waals surface area (Å²) >= 11 is 0. The van der Waals surface area contributed by atoms with Crippen LogP contribution in [0, 0.1) is 19.8 Å². The van der Waals surface area contributed by atoms with E-state index >= 15 is 0 Å². The highest BCUT2D eigenvalue weighted by molar-refractivity contribution is 5.82. The fourth-order valence-corrected chi connectivity index (χ4v) is 3.58. The Kier molecular flexibility index (Phi) is 4.39. The fourth-order valence-electron chi connectivity index (χ4n) is 3.58. The lowest BCUT2D eigenvalue weighted by atomic mass is 9.97. The van der Waals surface area contributed by atoms with Gasteiger partial charge in [-0.05, 0) is 69.0 Å². The number of amides is 1. The molecule has 2 aliphatic heterocycles. The number of piperidine rings is 1. The minimum atomic E-state index is -0.329. The van der Waals surface area contributed by atoms with Gasteiger partial charge in [0.2, 0.25) is 0 Å². The predicted octanol–water partition coefficient (Wildman–Crippen LogP) is 2.06. The third-order valence-corrected chi connectivity index (χ3v) is 4.95. The van der Waals surface area contributed by atoms with Crippen molar-refractivity contribution in [3.63, 3.8) is 0 Å². The van der Waals surface area contributed by atoms with Gasteiger partial charge < -0.3 is 15.0 Å². The molecule has 0 bridgehead atoms. The largest absolute Gasteiger partial charge is 0.480 e. The summed E-state index contributed by atoms with van der Waals surface area (Å²) in [5.41, 5.74) is 3.66. The van der Waals surface area contributed by atoms with E-state index in [4.69, 9.17) is 4.74 Å². The van der Waals surface area contributed by atoms with Crippen LogP contribution in [0.5, 0.6) is 5.75 Å². The molecule has 0 aromatic heterocycles.